The molecule has 1 atom stereocenters. The Morgan fingerprint density at radius 3 is 1.90 bits per heavy atom. The molecular formula is C16H12F9NO5. The minimum atomic E-state index is -5.57. The van der Waals surface area contributed by atoms with Gasteiger partial charge >= 0.3 is 36.4 Å². The van der Waals surface area contributed by atoms with Crippen LogP contribution in [0.4, 0.5) is 39.5 Å². The Hall–Kier alpha value is -3.00. The van der Waals surface area contributed by atoms with E-state index in [9.17, 15) is 53.9 Å². The molecule has 6 nitrogen and oxygen atoms in total. The third-order valence-corrected chi connectivity index (χ3v) is 3.45. The highest BCUT2D eigenvalue weighted by molar-refractivity contribution is 5.82. The van der Waals surface area contributed by atoms with Crippen molar-refractivity contribution in [3.8, 4) is 5.75 Å². The quantitative estimate of drug-likeness (QED) is 0.361. The summed E-state index contributed by atoms with van der Waals surface area (Å²) >= 11 is 0. The molecule has 0 aliphatic carbocycles. The van der Waals surface area contributed by atoms with Crippen molar-refractivity contribution in [1.29, 1.82) is 0 Å². The van der Waals surface area contributed by atoms with Crippen molar-refractivity contribution in [2.45, 2.75) is 31.6 Å². The van der Waals surface area contributed by atoms with Crippen LogP contribution in [0.3, 0.4) is 0 Å². The first-order valence-corrected chi connectivity index (χ1v) is 7.99. The molecule has 1 unspecified atom stereocenters. The molecule has 0 aromatic heterocycles. The van der Waals surface area contributed by atoms with Crippen LogP contribution in [0.25, 0.3) is 0 Å². The number of likely N-dealkylation sites (N-methyl/N-ethyl adjacent to an activating group) is 1. The van der Waals surface area contributed by atoms with Gasteiger partial charge in [0.15, 0.2) is 0 Å². The normalized spacial score (nSPS) is 13.4. The summed E-state index contributed by atoms with van der Waals surface area (Å²) in [6.45, 7) is -0.845. The van der Waals surface area contributed by atoms with Crippen molar-refractivity contribution in [1.82, 2.24) is 4.90 Å². The summed E-state index contributed by atoms with van der Waals surface area (Å²) in [4.78, 5) is 33.5. The predicted octanol–water partition coefficient (Wildman–Crippen LogP) is 3.71. The number of rotatable bonds is 6. The van der Waals surface area contributed by atoms with Crippen LogP contribution in [0.2, 0.25) is 0 Å². The number of amides is 1. The summed E-state index contributed by atoms with van der Waals surface area (Å²) in [5.41, 5.74) is -0.571. The maximum absolute atomic E-state index is 12.7. The molecule has 1 aromatic carbocycles. The molecule has 1 amide bonds. The summed E-state index contributed by atoms with van der Waals surface area (Å²) in [6, 6.07) is 3.09. The van der Waals surface area contributed by atoms with E-state index in [1.165, 1.54) is 0 Å². The topological polar surface area (TPSA) is 72.9 Å². The number of carbonyl (C=O) groups is 3. The lowest BCUT2D eigenvalue weighted by Crippen LogP contribution is -2.44. The molecule has 174 valence electrons. The van der Waals surface area contributed by atoms with Crippen molar-refractivity contribution < 1.29 is 63.4 Å². The first kappa shape index (κ1) is 26.0. The van der Waals surface area contributed by atoms with E-state index in [0.29, 0.717) is 6.07 Å². The molecule has 0 aliphatic rings. The zero-order valence-corrected chi connectivity index (χ0v) is 15.2. The third-order valence-electron chi connectivity index (χ3n) is 3.45. The zero-order chi connectivity index (χ0) is 24.2. The molecule has 31 heavy (non-hydrogen) atoms. The van der Waals surface area contributed by atoms with Gasteiger partial charge in [-0.1, -0.05) is 12.1 Å². The number of benzene rings is 1. The largest absolute Gasteiger partial charge is 0.491 e. The van der Waals surface area contributed by atoms with E-state index in [2.05, 4.69) is 9.47 Å². The van der Waals surface area contributed by atoms with Crippen molar-refractivity contribution >= 4 is 17.8 Å². The van der Waals surface area contributed by atoms with Gasteiger partial charge in [-0.15, -0.1) is 0 Å². The van der Waals surface area contributed by atoms with Gasteiger partial charge in [-0.25, -0.2) is 9.59 Å². The maximum Gasteiger partial charge on any atom is 0.491 e. The van der Waals surface area contributed by atoms with E-state index < -0.39 is 66.9 Å². The van der Waals surface area contributed by atoms with E-state index in [1.807, 2.05) is 0 Å². The van der Waals surface area contributed by atoms with E-state index in [1.54, 1.807) is 0 Å². The monoisotopic (exact) mass is 469 g/mol. The molecule has 0 heterocycles. The van der Waals surface area contributed by atoms with E-state index in [-0.39, 0.29) is 4.90 Å². The van der Waals surface area contributed by atoms with Crippen LogP contribution in [-0.4, -0.2) is 54.4 Å². The van der Waals surface area contributed by atoms with Crippen molar-refractivity contribution in [3.63, 3.8) is 0 Å². The van der Waals surface area contributed by atoms with Gasteiger partial charge in [-0.3, -0.25) is 4.79 Å². The van der Waals surface area contributed by atoms with E-state index >= 15 is 0 Å². The van der Waals surface area contributed by atoms with Gasteiger partial charge in [0.1, 0.15) is 11.9 Å². The molecule has 0 fully saturated rings. The van der Waals surface area contributed by atoms with Crippen LogP contribution in [-0.2, 0) is 19.1 Å². The molecular weight excluding hydrogens is 457 g/mol. The smallest absolute Gasteiger partial charge is 0.449 e. The Bertz CT molecular complexity index is 817. The van der Waals surface area contributed by atoms with Crippen LogP contribution in [0, 0.1) is 0 Å². The molecule has 0 N–H and O–H groups in total. The number of hydrogen-bond donors (Lipinski definition) is 0. The summed E-state index contributed by atoms with van der Waals surface area (Å²) in [5.74, 6) is -8.82. The highest BCUT2D eigenvalue weighted by Gasteiger charge is 2.46. The first-order chi connectivity index (χ1) is 14.0. The molecule has 0 saturated heterocycles. The standard InChI is InChI=1S/C16H12F9NO5/c1-2-26(11(27)14(17,18)19)7-10(31-13(29)16(23,24)25)8-4-3-5-9(6-8)30-12(28)15(20,21)22/h3-6,10H,2,7H2,1H3. The lowest BCUT2D eigenvalue weighted by Gasteiger charge is -2.27. The number of ether oxygens (including phenoxy) is 2. The van der Waals surface area contributed by atoms with Gasteiger partial charge in [0.2, 0.25) is 0 Å². The van der Waals surface area contributed by atoms with E-state index in [4.69, 9.17) is 0 Å². The van der Waals surface area contributed by atoms with Crippen LogP contribution >= 0.6 is 0 Å². The fourth-order valence-electron chi connectivity index (χ4n) is 2.09. The van der Waals surface area contributed by atoms with Crippen molar-refractivity contribution in [2.75, 3.05) is 13.1 Å². The summed E-state index contributed by atoms with van der Waals surface area (Å²) in [7, 11) is 0. The second kappa shape index (κ2) is 9.43. The first-order valence-electron chi connectivity index (χ1n) is 7.99. The third kappa shape index (κ3) is 7.64. The second-order valence-electron chi connectivity index (χ2n) is 5.69. The molecule has 0 saturated carbocycles. The maximum atomic E-state index is 12.7. The van der Waals surface area contributed by atoms with Crippen LogP contribution < -0.4 is 4.74 Å². The van der Waals surface area contributed by atoms with Gasteiger partial charge in [0, 0.05) is 6.54 Å². The SMILES string of the molecule is CCN(CC(OC(=O)C(F)(F)F)c1cccc(OC(=O)C(F)(F)F)c1)C(=O)C(F)(F)F. The molecule has 15 heteroatoms. The van der Waals surface area contributed by atoms with Gasteiger partial charge in [-0.2, -0.15) is 39.5 Å². The van der Waals surface area contributed by atoms with Crippen LogP contribution in [0.15, 0.2) is 24.3 Å². The minimum absolute atomic E-state index is 0.0166. The number of nitrogens with zero attached hydrogens (tertiary/aromatic N) is 1. The van der Waals surface area contributed by atoms with Crippen LogP contribution in [0.1, 0.15) is 18.6 Å². The van der Waals surface area contributed by atoms with Crippen LogP contribution in [0.5, 0.6) is 5.75 Å². The molecule has 0 spiro atoms. The molecule has 1 aromatic rings. The fraction of sp³-hybridized carbons (Fsp3) is 0.438. The highest BCUT2D eigenvalue weighted by atomic mass is 19.4. The number of halogens is 9. The Morgan fingerprint density at radius 2 is 1.45 bits per heavy atom. The summed E-state index contributed by atoms with van der Waals surface area (Å²) in [5, 5.41) is 0. The van der Waals surface area contributed by atoms with E-state index in [0.717, 1.165) is 25.1 Å². The lowest BCUT2D eigenvalue weighted by atomic mass is 10.1. The van der Waals surface area contributed by atoms with Gasteiger partial charge < -0.3 is 14.4 Å². The molecule has 1 rings (SSSR count). The molecule has 0 bridgehead atoms. The summed E-state index contributed by atoms with van der Waals surface area (Å²) < 4.78 is 121. The van der Waals surface area contributed by atoms with Gasteiger partial charge in [0.05, 0.1) is 6.54 Å². The predicted molar refractivity (Wildman–Crippen MR) is 81.3 cm³/mol. The lowest BCUT2D eigenvalue weighted by molar-refractivity contribution is -0.207. The fourth-order valence-corrected chi connectivity index (χ4v) is 2.09. The average molecular weight is 469 g/mol. The highest BCUT2D eigenvalue weighted by Crippen LogP contribution is 2.29. The summed E-state index contributed by atoms with van der Waals surface area (Å²) in [6.07, 6.45) is -18.6. The van der Waals surface area contributed by atoms with Crippen molar-refractivity contribution in [2.24, 2.45) is 0 Å². The Morgan fingerprint density at radius 1 is 0.903 bits per heavy atom. The number of hydrogen-bond acceptors (Lipinski definition) is 5. The Labute approximate surface area is 167 Å². The van der Waals surface area contributed by atoms with Gasteiger partial charge in [-0.05, 0) is 24.6 Å². The number of carbonyl (C=O) groups excluding carboxylic acids is 3. The minimum Gasteiger partial charge on any atom is -0.449 e. The van der Waals surface area contributed by atoms with Crippen molar-refractivity contribution in [3.05, 3.63) is 29.8 Å². The average Bonchev–Trinajstić information content (AvgIpc) is 2.62. The molecule has 0 radical (unpaired) electrons. The second-order valence-corrected chi connectivity index (χ2v) is 5.69. The Balaban J connectivity index is 3.28. The molecule has 0 aliphatic heterocycles. The zero-order valence-electron chi connectivity index (χ0n) is 15.2. The number of alkyl halides is 9. The number of esters is 2. The Kier molecular flexibility index (Phi) is 7.92. The van der Waals surface area contributed by atoms with Gasteiger partial charge in [0.25, 0.3) is 0 Å².